The molecule has 2 aromatic carbocycles. The average Bonchev–Trinajstić information content (AvgIpc) is 2.88. The van der Waals surface area contributed by atoms with Crippen molar-refractivity contribution >= 4 is 28.8 Å². The van der Waals surface area contributed by atoms with E-state index in [0.717, 1.165) is 45.3 Å². The van der Waals surface area contributed by atoms with Crippen molar-refractivity contribution in [3.05, 3.63) is 83.0 Å². The first-order valence-corrected chi connectivity index (χ1v) is 10.1. The van der Waals surface area contributed by atoms with Crippen LogP contribution in [-0.4, -0.2) is 42.1 Å². The van der Waals surface area contributed by atoms with E-state index in [1.165, 1.54) is 0 Å². The Balaban J connectivity index is 1.92. The number of carbonyl (C=O) groups excluding carboxylic acids is 1. The first-order valence-electron chi connectivity index (χ1n) is 10.1. The number of hydrogen-bond donors (Lipinski definition) is 0. The Labute approximate surface area is 177 Å². The molecule has 0 fully saturated rings. The largest absolute Gasteiger partial charge is 0.349 e. The van der Waals surface area contributed by atoms with E-state index < -0.39 is 0 Å². The van der Waals surface area contributed by atoms with Gasteiger partial charge in [0.1, 0.15) is 5.69 Å². The van der Waals surface area contributed by atoms with Gasteiger partial charge in [-0.2, -0.15) is 0 Å². The van der Waals surface area contributed by atoms with Crippen LogP contribution >= 0.6 is 0 Å². The molecule has 1 aliphatic heterocycles. The number of carbonyl (C=O) groups is 1. The maximum Gasteiger partial charge on any atom is 0.223 e. The lowest BCUT2D eigenvalue weighted by atomic mass is 10.00. The van der Waals surface area contributed by atoms with E-state index in [1.807, 2.05) is 37.3 Å². The van der Waals surface area contributed by atoms with Crippen molar-refractivity contribution in [2.45, 2.75) is 20.3 Å². The summed E-state index contributed by atoms with van der Waals surface area (Å²) in [6.07, 6.45) is 0.399. The van der Waals surface area contributed by atoms with Crippen molar-refractivity contribution in [2.75, 3.05) is 25.5 Å². The molecule has 0 saturated heterocycles. The lowest BCUT2D eigenvalue weighted by Crippen LogP contribution is -2.28. The van der Waals surface area contributed by atoms with Gasteiger partial charge in [0.2, 0.25) is 5.91 Å². The molecule has 152 valence electrons. The van der Waals surface area contributed by atoms with Crippen LogP contribution in [0.2, 0.25) is 0 Å². The first kappa shape index (κ1) is 19.8. The molecule has 0 saturated carbocycles. The van der Waals surface area contributed by atoms with Crippen molar-refractivity contribution in [3.8, 4) is 0 Å². The molecule has 1 amide bonds. The van der Waals surface area contributed by atoms with Gasteiger partial charge in [0, 0.05) is 43.9 Å². The molecule has 0 atom stereocenters. The molecule has 1 aromatic heterocycles. The lowest BCUT2D eigenvalue weighted by molar-refractivity contribution is -0.128. The Morgan fingerprint density at radius 3 is 2.43 bits per heavy atom. The molecule has 0 bridgehead atoms. The van der Waals surface area contributed by atoms with Crippen LogP contribution in [0.25, 0.3) is 0 Å². The van der Waals surface area contributed by atoms with Gasteiger partial charge in [-0.1, -0.05) is 48.5 Å². The molecule has 0 unspecified atom stereocenters. The van der Waals surface area contributed by atoms with E-state index in [4.69, 9.17) is 9.98 Å². The maximum atomic E-state index is 12.4. The Kier molecular flexibility index (Phi) is 5.36. The summed E-state index contributed by atoms with van der Waals surface area (Å²) in [5.41, 5.74) is 6.91. The smallest absolute Gasteiger partial charge is 0.223 e. The third-order valence-corrected chi connectivity index (χ3v) is 5.46. The van der Waals surface area contributed by atoms with E-state index in [9.17, 15) is 4.79 Å². The van der Waals surface area contributed by atoms with E-state index in [-0.39, 0.29) is 5.91 Å². The van der Waals surface area contributed by atoms with Crippen LogP contribution in [-0.2, 0) is 4.79 Å². The molecule has 3 aromatic rings. The molecule has 4 rings (SSSR count). The van der Waals surface area contributed by atoms with Crippen molar-refractivity contribution in [1.29, 1.82) is 0 Å². The molecule has 30 heavy (non-hydrogen) atoms. The molecule has 2 heterocycles. The number of benzene rings is 2. The number of aromatic nitrogens is 1. The molecular weight excluding hydrogens is 372 g/mol. The molecule has 5 heteroatoms. The van der Waals surface area contributed by atoms with Crippen LogP contribution in [0.3, 0.4) is 0 Å². The number of fused-ring (bicyclic) bond motifs is 2. The van der Waals surface area contributed by atoms with Crippen molar-refractivity contribution < 1.29 is 4.79 Å². The Morgan fingerprint density at radius 2 is 1.70 bits per heavy atom. The predicted molar refractivity (Wildman–Crippen MR) is 122 cm³/mol. The fourth-order valence-corrected chi connectivity index (χ4v) is 3.64. The van der Waals surface area contributed by atoms with Crippen LogP contribution in [0.5, 0.6) is 0 Å². The summed E-state index contributed by atoms with van der Waals surface area (Å²) in [7, 11) is 3.57. The maximum absolute atomic E-state index is 12.4. The van der Waals surface area contributed by atoms with Gasteiger partial charge in [-0.25, -0.2) is 9.98 Å². The monoisotopic (exact) mass is 398 g/mol. The number of hydrogen-bond acceptors (Lipinski definition) is 4. The SMILES string of the molecule is Cc1cc2c(nc1C)N(CCC(=O)N(C)C)c1ccccc1C(c1ccccc1)=N2. The second-order valence-electron chi connectivity index (χ2n) is 7.77. The highest BCUT2D eigenvalue weighted by Crippen LogP contribution is 2.40. The summed E-state index contributed by atoms with van der Waals surface area (Å²) in [6.45, 7) is 4.60. The van der Waals surface area contributed by atoms with Gasteiger partial charge in [0.05, 0.1) is 11.4 Å². The Bertz CT molecular complexity index is 1120. The summed E-state index contributed by atoms with van der Waals surface area (Å²) in [5.74, 6) is 0.884. The minimum atomic E-state index is 0.0892. The van der Waals surface area contributed by atoms with Crippen LogP contribution in [0.15, 0.2) is 65.7 Å². The number of nitrogens with zero attached hydrogens (tertiary/aromatic N) is 4. The van der Waals surface area contributed by atoms with Crippen molar-refractivity contribution in [3.63, 3.8) is 0 Å². The lowest BCUT2D eigenvalue weighted by Gasteiger charge is -2.26. The zero-order valence-electron chi connectivity index (χ0n) is 17.9. The predicted octanol–water partition coefficient (Wildman–Crippen LogP) is 4.80. The van der Waals surface area contributed by atoms with Crippen molar-refractivity contribution in [2.24, 2.45) is 4.99 Å². The van der Waals surface area contributed by atoms with Gasteiger partial charge in [0.15, 0.2) is 5.82 Å². The van der Waals surface area contributed by atoms with Gasteiger partial charge < -0.3 is 9.80 Å². The van der Waals surface area contributed by atoms with Gasteiger partial charge >= 0.3 is 0 Å². The fourth-order valence-electron chi connectivity index (χ4n) is 3.64. The summed E-state index contributed by atoms with van der Waals surface area (Å²) in [4.78, 5) is 26.1. The first-order chi connectivity index (χ1) is 14.5. The average molecular weight is 399 g/mol. The standard InChI is InChI=1S/C25H26N4O/c1-17-16-21-25(26-18(17)2)29(15-14-23(30)28(3)4)22-13-9-8-12-20(22)24(27-21)19-10-6-5-7-11-19/h5-13,16H,14-15H2,1-4H3. The van der Waals surface area contributed by atoms with E-state index in [1.54, 1.807) is 19.0 Å². The van der Waals surface area contributed by atoms with Gasteiger partial charge in [-0.05, 0) is 31.5 Å². The molecule has 0 N–H and O–H groups in total. The van der Waals surface area contributed by atoms with Crippen LogP contribution in [0, 0.1) is 13.8 Å². The number of aryl methyl sites for hydroxylation is 2. The normalized spacial score (nSPS) is 12.5. The number of amides is 1. The quantitative estimate of drug-likeness (QED) is 0.634. The second kappa shape index (κ2) is 8.11. The molecule has 0 spiro atoms. The third-order valence-electron chi connectivity index (χ3n) is 5.46. The van der Waals surface area contributed by atoms with Crippen molar-refractivity contribution in [1.82, 2.24) is 9.88 Å². The van der Waals surface area contributed by atoms with Gasteiger partial charge in [-0.15, -0.1) is 0 Å². The summed E-state index contributed by atoms with van der Waals surface area (Å²) in [6, 6.07) is 20.5. The zero-order valence-corrected chi connectivity index (χ0v) is 17.9. The van der Waals surface area contributed by atoms with Gasteiger partial charge in [-0.3, -0.25) is 4.79 Å². The summed E-state index contributed by atoms with van der Waals surface area (Å²) in [5, 5.41) is 0. The topological polar surface area (TPSA) is 48.8 Å². The van der Waals surface area contributed by atoms with Crippen LogP contribution in [0.1, 0.15) is 28.8 Å². The van der Waals surface area contributed by atoms with Gasteiger partial charge in [0.25, 0.3) is 0 Å². The van der Waals surface area contributed by atoms with E-state index >= 15 is 0 Å². The summed E-state index contributed by atoms with van der Waals surface area (Å²) >= 11 is 0. The van der Waals surface area contributed by atoms with Crippen LogP contribution < -0.4 is 4.90 Å². The molecule has 0 radical (unpaired) electrons. The third kappa shape index (κ3) is 3.71. The highest BCUT2D eigenvalue weighted by atomic mass is 16.2. The molecular formula is C25H26N4O. The van der Waals surface area contributed by atoms with E-state index in [2.05, 4.69) is 42.2 Å². The highest BCUT2D eigenvalue weighted by Gasteiger charge is 2.26. The number of para-hydroxylation sites is 1. The number of rotatable bonds is 4. The van der Waals surface area contributed by atoms with Crippen LogP contribution in [0.4, 0.5) is 17.2 Å². The molecule has 5 nitrogen and oxygen atoms in total. The number of aliphatic imine (C=N–C) groups is 1. The highest BCUT2D eigenvalue weighted by molar-refractivity contribution is 6.18. The fraction of sp³-hybridized carbons (Fsp3) is 0.240. The zero-order chi connectivity index (χ0) is 21.3. The number of pyridine rings is 1. The minimum absolute atomic E-state index is 0.0892. The number of anilines is 2. The Hall–Kier alpha value is -3.47. The Morgan fingerprint density at radius 1 is 1.00 bits per heavy atom. The molecule has 1 aliphatic rings. The minimum Gasteiger partial charge on any atom is -0.349 e. The summed E-state index contributed by atoms with van der Waals surface area (Å²) < 4.78 is 0. The second-order valence-corrected chi connectivity index (χ2v) is 7.77. The van der Waals surface area contributed by atoms with E-state index in [0.29, 0.717) is 13.0 Å². The molecule has 0 aliphatic carbocycles.